The summed E-state index contributed by atoms with van der Waals surface area (Å²) in [5.41, 5.74) is 1.20. The van der Waals surface area contributed by atoms with Gasteiger partial charge in [-0.25, -0.2) is 4.79 Å². The van der Waals surface area contributed by atoms with Crippen molar-refractivity contribution in [2.24, 2.45) is 0 Å². The molecule has 0 unspecified atom stereocenters. The number of carboxylic acid groups (broad SMARTS) is 1. The van der Waals surface area contributed by atoms with Crippen LogP contribution in [0.5, 0.6) is 0 Å². The SMILES string of the molecule is O=Cc1cccc(-c2ccc(C(=O)O)o2)c1. The highest BCUT2D eigenvalue weighted by molar-refractivity contribution is 5.85. The fraction of sp³-hybridized carbons (Fsp3) is 0. The van der Waals surface area contributed by atoms with Crippen LogP contribution in [0.15, 0.2) is 40.8 Å². The summed E-state index contributed by atoms with van der Waals surface area (Å²) in [5.74, 6) is -0.801. The minimum Gasteiger partial charge on any atom is -0.475 e. The fourth-order valence-electron chi connectivity index (χ4n) is 1.37. The van der Waals surface area contributed by atoms with Crippen LogP contribution >= 0.6 is 0 Å². The molecule has 0 aliphatic carbocycles. The number of carbonyl (C=O) groups excluding carboxylic acids is 1. The summed E-state index contributed by atoms with van der Waals surface area (Å²) in [5, 5.41) is 8.70. The molecule has 0 bridgehead atoms. The Hall–Kier alpha value is -2.36. The van der Waals surface area contributed by atoms with Crippen molar-refractivity contribution in [2.45, 2.75) is 0 Å². The Kier molecular flexibility index (Phi) is 2.55. The van der Waals surface area contributed by atoms with E-state index in [-0.39, 0.29) is 5.76 Å². The van der Waals surface area contributed by atoms with Crippen LogP contribution in [-0.4, -0.2) is 17.4 Å². The van der Waals surface area contributed by atoms with Crippen molar-refractivity contribution in [3.05, 3.63) is 47.7 Å². The highest BCUT2D eigenvalue weighted by Crippen LogP contribution is 2.22. The maximum Gasteiger partial charge on any atom is 0.371 e. The van der Waals surface area contributed by atoms with Crippen molar-refractivity contribution < 1.29 is 19.1 Å². The Morgan fingerprint density at radius 1 is 1.25 bits per heavy atom. The van der Waals surface area contributed by atoms with Crippen molar-refractivity contribution >= 4 is 12.3 Å². The Morgan fingerprint density at radius 3 is 2.69 bits per heavy atom. The lowest BCUT2D eigenvalue weighted by molar-refractivity contribution is 0.0663. The summed E-state index contributed by atoms with van der Waals surface area (Å²) < 4.78 is 5.12. The fourth-order valence-corrected chi connectivity index (χ4v) is 1.37. The molecule has 1 N–H and O–H groups in total. The summed E-state index contributed by atoms with van der Waals surface area (Å²) in [4.78, 5) is 21.2. The summed E-state index contributed by atoms with van der Waals surface area (Å²) in [6.07, 6.45) is 0.727. The monoisotopic (exact) mass is 216 g/mol. The van der Waals surface area contributed by atoms with E-state index in [2.05, 4.69) is 0 Å². The van der Waals surface area contributed by atoms with E-state index in [1.807, 2.05) is 0 Å². The quantitative estimate of drug-likeness (QED) is 0.800. The van der Waals surface area contributed by atoms with Crippen LogP contribution in [-0.2, 0) is 0 Å². The van der Waals surface area contributed by atoms with E-state index in [1.54, 1.807) is 30.3 Å². The lowest BCUT2D eigenvalue weighted by atomic mass is 10.1. The predicted octanol–water partition coefficient (Wildman–Crippen LogP) is 2.46. The molecule has 0 radical (unpaired) electrons. The molecule has 0 saturated carbocycles. The zero-order valence-electron chi connectivity index (χ0n) is 8.21. The number of hydrogen-bond acceptors (Lipinski definition) is 3. The summed E-state index contributed by atoms with van der Waals surface area (Å²) in [7, 11) is 0. The van der Waals surface area contributed by atoms with E-state index >= 15 is 0 Å². The zero-order chi connectivity index (χ0) is 11.5. The van der Waals surface area contributed by atoms with Gasteiger partial charge in [0.05, 0.1) is 0 Å². The molecule has 0 spiro atoms. The number of rotatable bonds is 3. The van der Waals surface area contributed by atoms with Gasteiger partial charge in [-0.2, -0.15) is 0 Å². The lowest BCUT2D eigenvalue weighted by Crippen LogP contribution is -1.91. The molecule has 80 valence electrons. The van der Waals surface area contributed by atoms with E-state index in [4.69, 9.17) is 9.52 Å². The van der Waals surface area contributed by atoms with Gasteiger partial charge in [0.2, 0.25) is 5.76 Å². The number of aromatic carboxylic acids is 1. The molecule has 0 fully saturated rings. The lowest BCUT2D eigenvalue weighted by Gasteiger charge is -1.97. The number of benzene rings is 1. The first-order valence-electron chi connectivity index (χ1n) is 4.59. The van der Waals surface area contributed by atoms with Gasteiger partial charge in [-0.15, -0.1) is 0 Å². The first-order valence-corrected chi connectivity index (χ1v) is 4.59. The van der Waals surface area contributed by atoms with Crippen LogP contribution in [0.3, 0.4) is 0 Å². The van der Waals surface area contributed by atoms with E-state index in [9.17, 15) is 9.59 Å². The Morgan fingerprint density at radius 2 is 2.06 bits per heavy atom. The third-order valence-corrected chi connectivity index (χ3v) is 2.12. The molecule has 0 atom stereocenters. The van der Waals surface area contributed by atoms with Crippen molar-refractivity contribution in [2.75, 3.05) is 0 Å². The van der Waals surface area contributed by atoms with Crippen LogP contribution < -0.4 is 0 Å². The first kappa shape index (κ1) is 10.2. The van der Waals surface area contributed by atoms with Crippen molar-refractivity contribution in [3.8, 4) is 11.3 Å². The second-order valence-electron chi connectivity index (χ2n) is 3.21. The molecule has 4 nitrogen and oxygen atoms in total. The molecule has 2 aromatic rings. The van der Waals surface area contributed by atoms with Gasteiger partial charge in [-0.3, -0.25) is 4.79 Å². The van der Waals surface area contributed by atoms with Gasteiger partial charge in [0.15, 0.2) is 0 Å². The average Bonchev–Trinajstić information content (AvgIpc) is 2.78. The molecule has 16 heavy (non-hydrogen) atoms. The minimum atomic E-state index is -1.11. The molecule has 2 rings (SSSR count). The third kappa shape index (κ3) is 1.86. The Balaban J connectivity index is 2.42. The van der Waals surface area contributed by atoms with Gasteiger partial charge in [0.25, 0.3) is 0 Å². The molecule has 1 heterocycles. The van der Waals surface area contributed by atoms with E-state index < -0.39 is 5.97 Å². The summed E-state index contributed by atoms with van der Waals surface area (Å²) >= 11 is 0. The first-order chi connectivity index (χ1) is 7.70. The van der Waals surface area contributed by atoms with Gasteiger partial charge < -0.3 is 9.52 Å². The second-order valence-corrected chi connectivity index (χ2v) is 3.21. The van der Waals surface area contributed by atoms with E-state index in [0.717, 1.165) is 6.29 Å². The predicted molar refractivity (Wildman–Crippen MR) is 56.5 cm³/mol. The second kappa shape index (κ2) is 4.02. The van der Waals surface area contributed by atoms with Gasteiger partial charge in [0, 0.05) is 11.1 Å². The molecule has 0 amide bonds. The highest BCUT2D eigenvalue weighted by atomic mass is 16.4. The maximum absolute atomic E-state index is 10.6. The average molecular weight is 216 g/mol. The number of hydrogen-bond donors (Lipinski definition) is 1. The van der Waals surface area contributed by atoms with Gasteiger partial charge in [0.1, 0.15) is 12.0 Å². The van der Waals surface area contributed by atoms with Gasteiger partial charge >= 0.3 is 5.97 Å². The third-order valence-electron chi connectivity index (χ3n) is 2.12. The van der Waals surface area contributed by atoms with E-state index in [1.165, 1.54) is 6.07 Å². The van der Waals surface area contributed by atoms with Crippen LogP contribution in [0.2, 0.25) is 0 Å². The van der Waals surface area contributed by atoms with Crippen LogP contribution in [0.1, 0.15) is 20.9 Å². The van der Waals surface area contributed by atoms with Crippen molar-refractivity contribution in [1.29, 1.82) is 0 Å². The maximum atomic E-state index is 10.6. The zero-order valence-corrected chi connectivity index (χ0v) is 8.21. The molecular formula is C12H8O4. The Labute approximate surface area is 91.1 Å². The van der Waals surface area contributed by atoms with E-state index in [0.29, 0.717) is 16.9 Å². The van der Waals surface area contributed by atoms with Crippen LogP contribution in [0.25, 0.3) is 11.3 Å². The molecular weight excluding hydrogens is 208 g/mol. The molecule has 0 saturated heterocycles. The largest absolute Gasteiger partial charge is 0.475 e. The van der Waals surface area contributed by atoms with Gasteiger partial charge in [-0.05, 0) is 18.2 Å². The number of carboxylic acids is 1. The highest BCUT2D eigenvalue weighted by Gasteiger charge is 2.10. The van der Waals surface area contributed by atoms with Crippen molar-refractivity contribution in [3.63, 3.8) is 0 Å². The number of furan rings is 1. The minimum absolute atomic E-state index is 0.119. The topological polar surface area (TPSA) is 67.5 Å². The smallest absolute Gasteiger partial charge is 0.371 e. The standard InChI is InChI=1S/C12H8O4/c13-7-8-2-1-3-9(6-8)10-4-5-11(16-10)12(14)15/h1-7H,(H,14,15). The molecule has 1 aromatic heterocycles. The molecule has 1 aromatic carbocycles. The van der Waals surface area contributed by atoms with Crippen LogP contribution in [0, 0.1) is 0 Å². The number of carbonyl (C=O) groups is 2. The molecule has 0 aliphatic rings. The van der Waals surface area contributed by atoms with Crippen molar-refractivity contribution in [1.82, 2.24) is 0 Å². The summed E-state index contributed by atoms with van der Waals surface area (Å²) in [6.45, 7) is 0. The Bertz CT molecular complexity index is 539. The van der Waals surface area contributed by atoms with Crippen LogP contribution in [0.4, 0.5) is 0 Å². The van der Waals surface area contributed by atoms with Gasteiger partial charge in [-0.1, -0.05) is 18.2 Å². The summed E-state index contributed by atoms with van der Waals surface area (Å²) in [6, 6.07) is 9.70. The molecule has 4 heteroatoms. The normalized spacial score (nSPS) is 10.0. The molecule has 0 aliphatic heterocycles. The number of aldehydes is 1.